The highest BCUT2D eigenvalue weighted by atomic mass is 16.5. The Bertz CT molecular complexity index is 477. The van der Waals surface area contributed by atoms with E-state index in [1.807, 2.05) is 25.1 Å². The largest absolute Gasteiger partial charge is 0.495 e. The van der Waals surface area contributed by atoms with Gasteiger partial charge in [-0.25, -0.2) is 0 Å². The highest BCUT2D eigenvalue weighted by molar-refractivity contribution is 5.48. The molecule has 4 heteroatoms. The van der Waals surface area contributed by atoms with Crippen LogP contribution in [0.4, 0.5) is 0 Å². The summed E-state index contributed by atoms with van der Waals surface area (Å²) in [7, 11) is 3.71. The van der Waals surface area contributed by atoms with Crippen LogP contribution in [-0.2, 0) is 11.3 Å². The number of hydrogen-bond acceptors (Lipinski definition) is 4. The molecule has 1 rings (SSSR count). The summed E-state index contributed by atoms with van der Waals surface area (Å²) in [6, 6.07) is 6.03. The van der Waals surface area contributed by atoms with Crippen molar-refractivity contribution < 1.29 is 14.6 Å². The fourth-order valence-corrected chi connectivity index (χ4v) is 1.92. The van der Waals surface area contributed by atoms with E-state index in [-0.39, 0.29) is 6.61 Å². The van der Waals surface area contributed by atoms with Gasteiger partial charge >= 0.3 is 0 Å². The normalized spacial score (nSPS) is 10.3. The molecule has 0 aliphatic carbocycles. The van der Waals surface area contributed by atoms with Gasteiger partial charge in [-0.05, 0) is 31.7 Å². The molecule has 21 heavy (non-hydrogen) atoms. The van der Waals surface area contributed by atoms with Crippen LogP contribution in [0.1, 0.15) is 24.5 Å². The van der Waals surface area contributed by atoms with Crippen LogP contribution in [0, 0.1) is 11.8 Å². The maximum absolute atomic E-state index is 8.79. The molecule has 0 fully saturated rings. The van der Waals surface area contributed by atoms with Crippen LogP contribution >= 0.6 is 0 Å². The van der Waals surface area contributed by atoms with Gasteiger partial charge in [0, 0.05) is 26.1 Å². The van der Waals surface area contributed by atoms with Gasteiger partial charge in [-0.15, -0.1) is 0 Å². The third-order valence-electron chi connectivity index (χ3n) is 3.00. The van der Waals surface area contributed by atoms with Crippen LogP contribution in [0.2, 0.25) is 0 Å². The zero-order chi connectivity index (χ0) is 15.5. The first-order valence-electron chi connectivity index (χ1n) is 7.24. The van der Waals surface area contributed by atoms with Crippen LogP contribution in [0.5, 0.6) is 5.75 Å². The lowest BCUT2D eigenvalue weighted by Crippen LogP contribution is -2.22. The van der Waals surface area contributed by atoms with Crippen LogP contribution < -0.4 is 4.74 Å². The van der Waals surface area contributed by atoms with Crippen LogP contribution in [-0.4, -0.2) is 50.5 Å². The second-order valence-electron chi connectivity index (χ2n) is 4.74. The molecule has 0 bridgehead atoms. The van der Waals surface area contributed by atoms with Crippen molar-refractivity contribution in [1.82, 2.24) is 4.90 Å². The van der Waals surface area contributed by atoms with Crippen molar-refractivity contribution in [2.24, 2.45) is 0 Å². The predicted octanol–water partition coefficient (Wildman–Crippen LogP) is 1.90. The highest BCUT2D eigenvalue weighted by Crippen LogP contribution is 2.19. The number of hydrogen-bond donors (Lipinski definition) is 1. The quantitative estimate of drug-likeness (QED) is 0.587. The summed E-state index contributed by atoms with van der Waals surface area (Å²) < 4.78 is 10.7. The standard InChI is InChI=1S/C17H25NO3/c1-4-21-12-10-18(2)14-15-8-9-17(20-3)16(13-15)7-5-6-11-19/h8-9,13,19H,4,6,10-12,14H2,1-3H3. The van der Waals surface area contributed by atoms with Gasteiger partial charge in [-0.3, -0.25) is 4.90 Å². The third kappa shape index (κ3) is 6.63. The van der Waals surface area contributed by atoms with Crippen molar-refractivity contribution in [1.29, 1.82) is 0 Å². The lowest BCUT2D eigenvalue weighted by atomic mass is 10.1. The molecule has 1 aromatic rings. The summed E-state index contributed by atoms with van der Waals surface area (Å²) in [6.07, 6.45) is 0.474. The summed E-state index contributed by atoms with van der Waals surface area (Å²) in [6.45, 7) is 5.31. The Balaban J connectivity index is 2.71. The predicted molar refractivity (Wildman–Crippen MR) is 84.4 cm³/mol. The van der Waals surface area contributed by atoms with Crippen LogP contribution in [0.25, 0.3) is 0 Å². The van der Waals surface area contributed by atoms with Gasteiger partial charge in [0.1, 0.15) is 5.75 Å². The van der Waals surface area contributed by atoms with Gasteiger partial charge in [0.25, 0.3) is 0 Å². The Hall–Kier alpha value is -1.54. The number of aliphatic hydroxyl groups excluding tert-OH is 1. The summed E-state index contributed by atoms with van der Waals surface area (Å²) in [5.74, 6) is 6.75. The molecule has 0 heterocycles. The first-order valence-corrected chi connectivity index (χ1v) is 7.24. The highest BCUT2D eigenvalue weighted by Gasteiger charge is 2.05. The minimum Gasteiger partial charge on any atom is -0.495 e. The molecule has 0 aromatic heterocycles. The average Bonchev–Trinajstić information content (AvgIpc) is 2.48. The molecule has 0 saturated carbocycles. The van der Waals surface area contributed by atoms with E-state index < -0.39 is 0 Å². The van der Waals surface area contributed by atoms with E-state index in [2.05, 4.69) is 23.8 Å². The van der Waals surface area contributed by atoms with E-state index in [1.165, 1.54) is 5.56 Å². The number of nitrogens with zero attached hydrogens (tertiary/aromatic N) is 1. The molecule has 116 valence electrons. The smallest absolute Gasteiger partial charge is 0.134 e. The van der Waals surface area contributed by atoms with Crippen molar-refractivity contribution >= 4 is 0 Å². The molecule has 1 aromatic carbocycles. The Morgan fingerprint density at radius 1 is 1.33 bits per heavy atom. The fraction of sp³-hybridized carbons (Fsp3) is 0.529. The first kappa shape index (κ1) is 17.5. The molecular weight excluding hydrogens is 266 g/mol. The van der Waals surface area contributed by atoms with E-state index >= 15 is 0 Å². The number of ether oxygens (including phenoxy) is 2. The third-order valence-corrected chi connectivity index (χ3v) is 3.00. The Morgan fingerprint density at radius 3 is 2.81 bits per heavy atom. The van der Waals surface area contributed by atoms with Crippen LogP contribution in [0.3, 0.4) is 0 Å². The summed E-state index contributed by atoms with van der Waals surface area (Å²) in [5.41, 5.74) is 2.05. The number of likely N-dealkylation sites (N-methyl/N-ethyl adjacent to an activating group) is 1. The zero-order valence-electron chi connectivity index (χ0n) is 13.2. The number of aliphatic hydroxyl groups is 1. The number of methoxy groups -OCH3 is 1. The second kappa shape index (κ2) is 10.2. The van der Waals surface area contributed by atoms with E-state index in [1.54, 1.807) is 7.11 Å². The molecule has 0 aliphatic heterocycles. The molecule has 0 spiro atoms. The van der Waals surface area contributed by atoms with Crippen molar-refractivity contribution in [3.8, 4) is 17.6 Å². The molecule has 4 nitrogen and oxygen atoms in total. The fourth-order valence-electron chi connectivity index (χ4n) is 1.92. The molecule has 0 saturated heterocycles. The van der Waals surface area contributed by atoms with E-state index in [0.717, 1.165) is 37.6 Å². The molecule has 0 amide bonds. The maximum atomic E-state index is 8.79. The van der Waals surface area contributed by atoms with Crippen molar-refractivity contribution in [3.63, 3.8) is 0 Å². The van der Waals surface area contributed by atoms with E-state index in [4.69, 9.17) is 14.6 Å². The zero-order valence-corrected chi connectivity index (χ0v) is 13.2. The Morgan fingerprint density at radius 2 is 2.14 bits per heavy atom. The molecule has 0 unspecified atom stereocenters. The minimum atomic E-state index is 0.0785. The van der Waals surface area contributed by atoms with Gasteiger partial charge in [0.05, 0.1) is 25.9 Å². The minimum absolute atomic E-state index is 0.0785. The summed E-state index contributed by atoms with van der Waals surface area (Å²) in [5, 5.41) is 8.79. The van der Waals surface area contributed by atoms with Gasteiger partial charge in [0.15, 0.2) is 0 Å². The average molecular weight is 291 g/mol. The second-order valence-corrected chi connectivity index (χ2v) is 4.74. The summed E-state index contributed by atoms with van der Waals surface area (Å²) in [4.78, 5) is 2.21. The van der Waals surface area contributed by atoms with Crippen molar-refractivity contribution in [2.75, 3.05) is 40.5 Å². The Kier molecular flexibility index (Phi) is 8.53. The maximum Gasteiger partial charge on any atom is 0.134 e. The summed E-state index contributed by atoms with van der Waals surface area (Å²) >= 11 is 0. The van der Waals surface area contributed by atoms with Gasteiger partial charge in [0.2, 0.25) is 0 Å². The lowest BCUT2D eigenvalue weighted by Gasteiger charge is -2.17. The Labute approximate surface area is 127 Å². The SMILES string of the molecule is CCOCCN(C)Cc1ccc(OC)c(C#CCCO)c1. The van der Waals surface area contributed by atoms with Crippen molar-refractivity contribution in [2.45, 2.75) is 19.9 Å². The molecule has 1 N–H and O–H groups in total. The van der Waals surface area contributed by atoms with Gasteiger partial charge < -0.3 is 14.6 Å². The number of benzene rings is 1. The molecular formula is C17H25NO3. The van der Waals surface area contributed by atoms with Crippen molar-refractivity contribution in [3.05, 3.63) is 29.3 Å². The molecule has 0 aliphatic rings. The van der Waals surface area contributed by atoms with E-state index in [9.17, 15) is 0 Å². The monoisotopic (exact) mass is 291 g/mol. The number of rotatable bonds is 8. The molecule has 0 atom stereocenters. The van der Waals surface area contributed by atoms with Gasteiger partial charge in [-0.1, -0.05) is 17.9 Å². The van der Waals surface area contributed by atoms with E-state index in [0.29, 0.717) is 6.42 Å². The molecule has 0 radical (unpaired) electrons. The first-order chi connectivity index (χ1) is 10.2. The lowest BCUT2D eigenvalue weighted by molar-refractivity contribution is 0.120. The van der Waals surface area contributed by atoms with Gasteiger partial charge in [-0.2, -0.15) is 0 Å². The topological polar surface area (TPSA) is 41.9 Å². The van der Waals surface area contributed by atoms with Crippen LogP contribution in [0.15, 0.2) is 18.2 Å².